The van der Waals surface area contributed by atoms with E-state index in [9.17, 15) is 4.79 Å². The topological polar surface area (TPSA) is 46.3 Å². The van der Waals surface area contributed by atoms with Gasteiger partial charge in [0.25, 0.3) is 0 Å². The van der Waals surface area contributed by atoms with Gasteiger partial charge in [-0.25, -0.2) is 0 Å². The van der Waals surface area contributed by atoms with Gasteiger partial charge >= 0.3 is 0 Å². The molecule has 3 nitrogen and oxygen atoms in total. The minimum absolute atomic E-state index is 0. The molecule has 1 aromatic carbocycles. The zero-order valence-corrected chi connectivity index (χ0v) is 13.6. The van der Waals surface area contributed by atoms with E-state index in [1.807, 2.05) is 11.8 Å². The second-order valence-corrected chi connectivity index (χ2v) is 6.03. The van der Waals surface area contributed by atoms with E-state index in [1.54, 1.807) is 0 Å². The van der Waals surface area contributed by atoms with Crippen molar-refractivity contribution in [1.82, 2.24) is 4.90 Å². The number of likely N-dealkylation sites (tertiary alicyclic amines) is 1. The number of carbonyl (C=O) groups is 1. The van der Waals surface area contributed by atoms with Crippen molar-refractivity contribution in [2.75, 3.05) is 13.1 Å². The number of hydrogen-bond acceptors (Lipinski definition) is 2. The fourth-order valence-corrected chi connectivity index (χ4v) is 2.89. The summed E-state index contributed by atoms with van der Waals surface area (Å²) < 4.78 is 0. The Morgan fingerprint density at radius 2 is 1.90 bits per heavy atom. The van der Waals surface area contributed by atoms with Crippen LogP contribution in [0, 0.1) is 5.92 Å². The molecular weight excluding hydrogens is 284 g/mol. The first-order chi connectivity index (χ1) is 9.65. The van der Waals surface area contributed by atoms with E-state index in [4.69, 9.17) is 5.73 Å². The maximum Gasteiger partial charge on any atom is 0.224 e. The molecule has 1 aliphatic heterocycles. The van der Waals surface area contributed by atoms with E-state index >= 15 is 0 Å². The number of rotatable bonds is 5. The smallest absolute Gasteiger partial charge is 0.224 e. The number of amides is 1. The van der Waals surface area contributed by atoms with Crippen LogP contribution in [0.25, 0.3) is 0 Å². The Balaban J connectivity index is 0.00000220. The van der Waals surface area contributed by atoms with Gasteiger partial charge in [-0.1, -0.05) is 30.3 Å². The third-order valence-electron chi connectivity index (χ3n) is 4.15. The number of benzene rings is 1. The van der Waals surface area contributed by atoms with Crippen LogP contribution in [0.3, 0.4) is 0 Å². The lowest BCUT2D eigenvalue weighted by atomic mass is 9.90. The van der Waals surface area contributed by atoms with Gasteiger partial charge in [0.15, 0.2) is 0 Å². The quantitative estimate of drug-likeness (QED) is 0.908. The molecule has 1 unspecified atom stereocenters. The molecule has 1 aromatic rings. The van der Waals surface area contributed by atoms with Crippen molar-refractivity contribution in [2.24, 2.45) is 11.7 Å². The van der Waals surface area contributed by atoms with Gasteiger partial charge in [0.05, 0.1) is 0 Å². The summed E-state index contributed by atoms with van der Waals surface area (Å²) in [5.41, 5.74) is 7.11. The van der Waals surface area contributed by atoms with E-state index in [2.05, 4.69) is 30.3 Å². The van der Waals surface area contributed by atoms with Gasteiger partial charge in [-0.05, 0) is 44.1 Å². The summed E-state index contributed by atoms with van der Waals surface area (Å²) in [5, 5.41) is 0. The van der Waals surface area contributed by atoms with Gasteiger partial charge in [-0.2, -0.15) is 0 Å². The molecule has 0 radical (unpaired) electrons. The molecule has 0 saturated carbocycles. The summed E-state index contributed by atoms with van der Waals surface area (Å²) in [6.45, 7) is 3.71. The Morgan fingerprint density at radius 3 is 2.48 bits per heavy atom. The van der Waals surface area contributed by atoms with Gasteiger partial charge in [-0.15, -0.1) is 12.4 Å². The zero-order valence-electron chi connectivity index (χ0n) is 12.8. The van der Waals surface area contributed by atoms with Crippen LogP contribution in [0.1, 0.15) is 38.2 Å². The molecule has 0 spiro atoms. The molecule has 4 heteroatoms. The minimum atomic E-state index is -0.0293. The van der Waals surface area contributed by atoms with Crippen LogP contribution in [-0.2, 0) is 11.2 Å². The van der Waals surface area contributed by atoms with Crippen molar-refractivity contribution in [3.05, 3.63) is 35.9 Å². The van der Waals surface area contributed by atoms with Crippen molar-refractivity contribution in [3.63, 3.8) is 0 Å². The maximum absolute atomic E-state index is 11.9. The van der Waals surface area contributed by atoms with Crippen molar-refractivity contribution in [1.29, 1.82) is 0 Å². The summed E-state index contributed by atoms with van der Waals surface area (Å²) >= 11 is 0. The number of hydrogen-bond donors (Lipinski definition) is 1. The average Bonchev–Trinajstić information content (AvgIpc) is 2.46. The number of nitrogens with zero attached hydrogens (tertiary/aromatic N) is 1. The van der Waals surface area contributed by atoms with Crippen LogP contribution in [0.15, 0.2) is 30.3 Å². The van der Waals surface area contributed by atoms with Gasteiger partial charge in [0.2, 0.25) is 5.91 Å². The highest BCUT2D eigenvalue weighted by molar-refractivity contribution is 5.85. The molecule has 0 aliphatic carbocycles. The molecule has 2 rings (SSSR count). The Morgan fingerprint density at radius 1 is 1.29 bits per heavy atom. The summed E-state index contributed by atoms with van der Waals surface area (Å²) in [6.07, 6.45) is 5.14. The molecule has 0 bridgehead atoms. The van der Waals surface area contributed by atoms with Gasteiger partial charge in [0, 0.05) is 25.6 Å². The van der Waals surface area contributed by atoms with E-state index in [0.717, 1.165) is 38.3 Å². The Labute approximate surface area is 134 Å². The molecule has 1 aliphatic rings. The lowest BCUT2D eigenvalue weighted by Gasteiger charge is -2.32. The average molecular weight is 311 g/mol. The SMILES string of the molecule is CC(N)CC(=O)N1CCC(CCc2ccccc2)CC1.Cl. The van der Waals surface area contributed by atoms with E-state index < -0.39 is 0 Å². The molecule has 1 atom stereocenters. The first kappa shape index (κ1) is 18.0. The first-order valence-corrected chi connectivity index (χ1v) is 7.72. The molecule has 118 valence electrons. The second-order valence-electron chi connectivity index (χ2n) is 6.03. The summed E-state index contributed by atoms with van der Waals surface area (Å²) in [4.78, 5) is 13.9. The molecule has 1 saturated heterocycles. The third-order valence-corrected chi connectivity index (χ3v) is 4.15. The van der Waals surface area contributed by atoms with Crippen LogP contribution in [-0.4, -0.2) is 29.9 Å². The van der Waals surface area contributed by atoms with Crippen LogP contribution < -0.4 is 5.73 Å². The predicted molar refractivity (Wildman–Crippen MR) is 89.6 cm³/mol. The van der Waals surface area contributed by atoms with Crippen molar-refractivity contribution < 1.29 is 4.79 Å². The van der Waals surface area contributed by atoms with Crippen LogP contribution in [0.4, 0.5) is 0 Å². The third kappa shape index (κ3) is 6.06. The summed E-state index contributed by atoms with van der Waals surface area (Å²) in [7, 11) is 0. The maximum atomic E-state index is 11.9. The van der Waals surface area contributed by atoms with Crippen LogP contribution in [0.2, 0.25) is 0 Å². The Kier molecular flexibility index (Phi) is 7.76. The van der Waals surface area contributed by atoms with Crippen LogP contribution in [0.5, 0.6) is 0 Å². The van der Waals surface area contributed by atoms with Crippen LogP contribution >= 0.6 is 12.4 Å². The monoisotopic (exact) mass is 310 g/mol. The van der Waals surface area contributed by atoms with E-state index in [0.29, 0.717) is 6.42 Å². The second kappa shape index (κ2) is 9.06. The normalized spacial score (nSPS) is 17.1. The molecule has 1 fully saturated rings. The fraction of sp³-hybridized carbons (Fsp3) is 0.588. The van der Waals surface area contributed by atoms with Gasteiger partial charge < -0.3 is 10.6 Å². The highest BCUT2D eigenvalue weighted by atomic mass is 35.5. The number of piperidine rings is 1. The molecule has 21 heavy (non-hydrogen) atoms. The number of aryl methyl sites for hydroxylation is 1. The molecule has 0 aromatic heterocycles. The van der Waals surface area contributed by atoms with Gasteiger partial charge in [0.1, 0.15) is 0 Å². The lowest BCUT2D eigenvalue weighted by molar-refractivity contribution is -0.132. The van der Waals surface area contributed by atoms with Crippen molar-refractivity contribution >= 4 is 18.3 Å². The number of halogens is 1. The zero-order chi connectivity index (χ0) is 14.4. The summed E-state index contributed by atoms with van der Waals surface area (Å²) in [6, 6.07) is 10.6. The Hall–Kier alpha value is -1.06. The summed E-state index contributed by atoms with van der Waals surface area (Å²) in [5.74, 6) is 0.982. The Bertz CT molecular complexity index is 414. The fourth-order valence-electron chi connectivity index (χ4n) is 2.89. The van der Waals surface area contributed by atoms with Gasteiger partial charge in [-0.3, -0.25) is 4.79 Å². The number of carbonyl (C=O) groups excluding carboxylic acids is 1. The molecule has 2 N–H and O–H groups in total. The highest BCUT2D eigenvalue weighted by Gasteiger charge is 2.22. The molecule has 1 amide bonds. The van der Waals surface area contributed by atoms with E-state index in [-0.39, 0.29) is 24.4 Å². The minimum Gasteiger partial charge on any atom is -0.343 e. The molecular formula is C17H27ClN2O. The number of nitrogens with two attached hydrogens (primary N) is 1. The standard InChI is InChI=1S/C17H26N2O.ClH/c1-14(18)13-17(20)19-11-9-16(10-12-19)8-7-15-5-3-2-4-6-15;/h2-6,14,16H,7-13,18H2,1H3;1H. The largest absolute Gasteiger partial charge is 0.343 e. The highest BCUT2D eigenvalue weighted by Crippen LogP contribution is 2.22. The first-order valence-electron chi connectivity index (χ1n) is 7.72. The lowest BCUT2D eigenvalue weighted by Crippen LogP contribution is -2.40. The van der Waals surface area contributed by atoms with E-state index in [1.165, 1.54) is 12.0 Å². The molecule has 1 heterocycles. The predicted octanol–water partition coefficient (Wildman–Crippen LogP) is 3.02. The van der Waals surface area contributed by atoms with Crippen molar-refractivity contribution in [2.45, 2.75) is 45.1 Å². The van der Waals surface area contributed by atoms with Crippen molar-refractivity contribution in [3.8, 4) is 0 Å².